The Balaban J connectivity index is 2.97. The van der Waals surface area contributed by atoms with Crippen molar-refractivity contribution in [2.45, 2.75) is 4.90 Å². The lowest BCUT2D eigenvalue weighted by atomic mass is 10.2. The molecule has 4 heteroatoms. The number of nitrogens with zero attached hydrogens (tertiary/aromatic N) is 1. The van der Waals surface area contributed by atoms with Crippen molar-refractivity contribution >= 4 is 23.5 Å². The van der Waals surface area contributed by atoms with Crippen LogP contribution in [0.4, 0.5) is 4.39 Å². The Hall–Kier alpha value is -1.29. The molecule has 0 bridgehead atoms. The van der Waals surface area contributed by atoms with Crippen LogP contribution in [0.3, 0.4) is 0 Å². The molecular formula is C9H6FNOS. The summed E-state index contributed by atoms with van der Waals surface area (Å²) in [5, 5.41) is 9.78. The Morgan fingerprint density at radius 1 is 1.46 bits per heavy atom. The largest absolute Gasteiger partial charge is 0.505 e. The number of phenols is 1. The zero-order valence-corrected chi connectivity index (χ0v) is 7.42. The van der Waals surface area contributed by atoms with E-state index in [1.807, 2.05) is 0 Å². The van der Waals surface area contributed by atoms with Crippen molar-refractivity contribution in [1.29, 1.82) is 0 Å². The molecule has 66 valence electrons. The lowest BCUT2D eigenvalue weighted by molar-refractivity contribution is 0.466. The number of aromatic hydroxyl groups is 1. The summed E-state index contributed by atoms with van der Waals surface area (Å²) in [7, 11) is 0. The van der Waals surface area contributed by atoms with Gasteiger partial charge in [-0.2, -0.15) is 0 Å². The number of phenolic OH excluding ortho intramolecular Hbond substituents is 1. The second-order valence-corrected chi connectivity index (χ2v) is 3.11. The molecule has 1 N–H and O–H groups in total. The van der Waals surface area contributed by atoms with Gasteiger partial charge in [0.25, 0.3) is 0 Å². The molecule has 0 amide bonds. The van der Waals surface area contributed by atoms with Gasteiger partial charge in [-0.3, -0.25) is 4.98 Å². The number of pyridine rings is 1. The minimum absolute atomic E-state index is 0.0830. The van der Waals surface area contributed by atoms with E-state index in [0.29, 0.717) is 5.39 Å². The summed E-state index contributed by atoms with van der Waals surface area (Å²) < 4.78 is 13.2. The molecule has 2 aromatic rings. The zero-order valence-electron chi connectivity index (χ0n) is 6.53. The lowest BCUT2D eigenvalue weighted by Gasteiger charge is -2.03. The number of aromatic nitrogens is 1. The molecule has 0 fully saturated rings. The van der Waals surface area contributed by atoms with Gasteiger partial charge < -0.3 is 5.11 Å². The van der Waals surface area contributed by atoms with Crippen molar-refractivity contribution in [1.82, 2.24) is 4.98 Å². The maximum absolute atomic E-state index is 13.2. The Labute approximate surface area is 79.4 Å². The fourth-order valence-corrected chi connectivity index (χ4v) is 1.39. The van der Waals surface area contributed by atoms with E-state index in [4.69, 9.17) is 0 Å². The predicted molar refractivity (Wildman–Crippen MR) is 50.6 cm³/mol. The van der Waals surface area contributed by atoms with E-state index >= 15 is 0 Å². The van der Waals surface area contributed by atoms with Gasteiger partial charge in [-0.15, -0.1) is 12.6 Å². The Bertz CT molecular complexity index is 472. The Morgan fingerprint density at radius 2 is 2.23 bits per heavy atom. The molecule has 0 aliphatic heterocycles. The SMILES string of the molecule is Oc1c(S)cc(F)c2cccnc12. The molecule has 2 nitrogen and oxygen atoms in total. The molecule has 0 spiro atoms. The van der Waals surface area contributed by atoms with Gasteiger partial charge in [-0.05, 0) is 18.2 Å². The molecule has 13 heavy (non-hydrogen) atoms. The molecule has 0 aliphatic rings. The highest BCUT2D eigenvalue weighted by Crippen LogP contribution is 2.31. The topological polar surface area (TPSA) is 33.1 Å². The van der Waals surface area contributed by atoms with Crippen molar-refractivity contribution in [2.75, 3.05) is 0 Å². The van der Waals surface area contributed by atoms with Crippen LogP contribution in [-0.4, -0.2) is 10.1 Å². The first kappa shape index (κ1) is 8.31. The maximum Gasteiger partial charge on any atom is 0.155 e. The molecule has 2 rings (SSSR count). The Morgan fingerprint density at radius 3 is 3.00 bits per heavy atom. The van der Waals surface area contributed by atoms with Gasteiger partial charge in [-0.25, -0.2) is 4.39 Å². The van der Waals surface area contributed by atoms with Crippen LogP contribution >= 0.6 is 12.6 Å². The van der Waals surface area contributed by atoms with E-state index in [1.165, 1.54) is 12.3 Å². The fourth-order valence-electron chi connectivity index (χ4n) is 1.17. The third-order valence-corrected chi connectivity index (χ3v) is 2.14. The molecular weight excluding hydrogens is 189 g/mol. The third-order valence-electron chi connectivity index (χ3n) is 1.80. The highest BCUT2D eigenvalue weighted by molar-refractivity contribution is 7.80. The Kier molecular flexibility index (Phi) is 1.84. The third kappa shape index (κ3) is 1.23. The van der Waals surface area contributed by atoms with Crippen LogP contribution in [0.5, 0.6) is 5.75 Å². The van der Waals surface area contributed by atoms with E-state index < -0.39 is 5.82 Å². The maximum atomic E-state index is 13.2. The molecule has 0 unspecified atom stereocenters. The van der Waals surface area contributed by atoms with Crippen molar-refractivity contribution in [3.05, 3.63) is 30.2 Å². The summed E-state index contributed by atoms with van der Waals surface area (Å²) >= 11 is 3.91. The van der Waals surface area contributed by atoms with Gasteiger partial charge in [0.05, 0.1) is 4.90 Å². The smallest absolute Gasteiger partial charge is 0.155 e. The molecule has 0 saturated carbocycles. The predicted octanol–water partition coefficient (Wildman–Crippen LogP) is 2.37. The minimum atomic E-state index is -0.425. The van der Waals surface area contributed by atoms with E-state index in [2.05, 4.69) is 17.6 Å². The second kappa shape index (κ2) is 2.88. The van der Waals surface area contributed by atoms with Crippen LogP contribution in [-0.2, 0) is 0 Å². The average Bonchev–Trinajstić information content (AvgIpc) is 2.15. The summed E-state index contributed by atoms with van der Waals surface area (Å²) in [6.07, 6.45) is 1.49. The first-order valence-corrected chi connectivity index (χ1v) is 4.10. The van der Waals surface area contributed by atoms with Crippen LogP contribution in [0.1, 0.15) is 0 Å². The van der Waals surface area contributed by atoms with Crippen molar-refractivity contribution in [3.63, 3.8) is 0 Å². The second-order valence-electron chi connectivity index (χ2n) is 2.63. The quantitative estimate of drug-likeness (QED) is 0.633. The van der Waals surface area contributed by atoms with Crippen molar-refractivity contribution < 1.29 is 9.50 Å². The summed E-state index contributed by atoms with van der Waals surface area (Å²) in [6.45, 7) is 0. The lowest BCUT2D eigenvalue weighted by Crippen LogP contribution is -1.84. The van der Waals surface area contributed by atoms with Gasteiger partial charge in [0.2, 0.25) is 0 Å². The van der Waals surface area contributed by atoms with E-state index in [-0.39, 0.29) is 16.2 Å². The van der Waals surface area contributed by atoms with Crippen molar-refractivity contribution in [2.24, 2.45) is 0 Å². The van der Waals surface area contributed by atoms with Gasteiger partial charge in [0.1, 0.15) is 11.3 Å². The van der Waals surface area contributed by atoms with Crippen LogP contribution in [0.25, 0.3) is 10.9 Å². The number of hydrogen-bond donors (Lipinski definition) is 2. The summed E-state index contributed by atoms with van der Waals surface area (Å²) in [5.41, 5.74) is 0.243. The van der Waals surface area contributed by atoms with Gasteiger partial charge in [-0.1, -0.05) is 0 Å². The number of benzene rings is 1. The zero-order chi connectivity index (χ0) is 9.42. The normalized spacial score (nSPS) is 10.6. The average molecular weight is 195 g/mol. The molecule has 1 aromatic carbocycles. The fraction of sp³-hybridized carbons (Fsp3) is 0. The highest BCUT2D eigenvalue weighted by atomic mass is 32.1. The number of thiol groups is 1. The van der Waals surface area contributed by atoms with Gasteiger partial charge in [0.15, 0.2) is 5.75 Å². The summed E-state index contributed by atoms with van der Waals surface area (Å²) in [4.78, 5) is 4.06. The van der Waals surface area contributed by atoms with Crippen molar-refractivity contribution in [3.8, 4) is 5.75 Å². The van der Waals surface area contributed by atoms with Crippen LogP contribution in [0.2, 0.25) is 0 Å². The molecule has 0 saturated heterocycles. The number of halogens is 1. The highest BCUT2D eigenvalue weighted by Gasteiger charge is 2.09. The molecule has 1 aromatic heterocycles. The van der Waals surface area contributed by atoms with Crippen LogP contribution in [0, 0.1) is 5.82 Å². The van der Waals surface area contributed by atoms with Crippen LogP contribution < -0.4 is 0 Å². The van der Waals surface area contributed by atoms with E-state index in [9.17, 15) is 9.50 Å². The monoisotopic (exact) mass is 195 g/mol. The van der Waals surface area contributed by atoms with Crippen LogP contribution in [0.15, 0.2) is 29.3 Å². The standard InChI is InChI=1S/C9H6FNOS/c10-6-4-7(13)9(12)8-5(6)2-1-3-11-8/h1-4,12-13H. The van der Waals surface area contributed by atoms with E-state index in [0.717, 1.165) is 0 Å². The minimum Gasteiger partial charge on any atom is -0.505 e. The molecule has 0 radical (unpaired) electrons. The summed E-state index contributed by atoms with van der Waals surface area (Å²) in [6, 6.07) is 4.34. The molecule has 1 heterocycles. The molecule has 0 aliphatic carbocycles. The summed E-state index contributed by atoms with van der Waals surface area (Å²) in [5.74, 6) is -0.508. The number of rotatable bonds is 0. The van der Waals surface area contributed by atoms with Gasteiger partial charge >= 0.3 is 0 Å². The van der Waals surface area contributed by atoms with E-state index in [1.54, 1.807) is 12.1 Å². The first-order valence-electron chi connectivity index (χ1n) is 3.65. The molecule has 0 atom stereocenters. The number of fused-ring (bicyclic) bond motifs is 1. The number of hydrogen-bond acceptors (Lipinski definition) is 3. The first-order chi connectivity index (χ1) is 6.20. The van der Waals surface area contributed by atoms with Gasteiger partial charge in [0, 0.05) is 11.6 Å².